The Bertz CT molecular complexity index is 899. The molecular weight excluding hydrogens is 350 g/mol. The van der Waals surface area contributed by atoms with Crippen LogP contribution < -0.4 is 19.5 Å². The summed E-state index contributed by atoms with van der Waals surface area (Å²) in [6.45, 7) is 0. The third-order valence-corrected chi connectivity index (χ3v) is 3.79. The summed E-state index contributed by atoms with van der Waals surface area (Å²) in [5.74, 6) is 1.34. The van der Waals surface area contributed by atoms with Crippen LogP contribution in [0, 0.1) is 0 Å². The molecule has 1 heterocycles. The van der Waals surface area contributed by atoms with E-state index in [4.69, 9.17) is 18.6 Å². The van der Waals surface area contributed by atoms with E-state index >= 15 is 0 Å². The normalized spacial score (nSPS) is 10.3. The monoisotopic (exact) mass is 369 g/mol. The van der Waals surface area contributed by atoms with Crippen molar-refractivity contribution in [2.24, 2.45) is 0 Å². The molecule has 140 valence electrons. The highest BCUT2D eigenvalue weighted by Crippen LogP contribution is 2.41. The number of methoxy groups -OCH3 is 3. The zero-order valence-corrected chi connectivity index (χ0v) is 15.2. The Labute approximate surface area is 156 Å². The van der Waals surface area contributed by atoms with E-state index in [0.717, 1.165) is 5.56 Å². The Kier molecular flexibility index (Phi) is 5.55. The van der Waals surface area contributed by atoms with E-state index in [9.17, 15) is 4.79 Å². The van der Waals surface area contributed by atoms with Gasteiger partial charge in [-0.1, -0.05) is 35.4 Å². The molecule has 2 aromatic carbocycles. The fraction of sp³-hybridized carbons (Fsp3) is 0.211. The first-order chi connectivity index (χ1) is 13.1. The second-order valence-electron chi connectivity index (χ2n) is 5.54. The summed E-state index contributed by atoms with van der Waals surface area (Å²) in [6, 6.07) is 12.8. The van der Waals surface area contributed by atoms with E-state index in [1.54, 1.807) is 12.1 Å². The van der Waals surface area contributed by atoms with E-state index in [-0.39, 0.29) is 24.2 Å². The Morgan fingerprint density at radius 3 is 2.26 bits per heavy atom. The Balaban J connectivity index is 1.78. The van der Waals surface area contributed by atoms with E-state index in [1.165, 1.54) is 21.3 Å². The Morgan fingerprint density at radius 1 is 1.00 bits per heavy atom. The number of hydrogen-bond acceptors (Lipinski definition) is 7. The van der Waals surface area contributed by atoms with Gasteiger partial charge in [-0.2, -0.15) is 0 Å². The van der Waals surface area contributed by atoms with Crippen LogP contribution in [0.5, 0.6) is 17.2 Å². The van der Waals surface area contributed by atoms with Gasteiger partial charge in [0.15, 0.2) is 11.5 Å². The molecule has 0 aliphatic rings. The lowest BCUT2D eigenvalue weighted by Gasteiger charge is -2.12. The zero-order valence-electron chi connectivity index (χ0n) is 15.2. The lowest BCUT2D eigenvalue weighted by molar-refractivity contribution is -0.115. The molecule has 1 amide bonds. The molecule has 0 aliphatic heterocycles. The van der Waals surface area contributed by atoms with Crippen molar-refractivity contribution in [2.75, 3.05) is 26.6 Å². The number of carbonyl (C=O) groups excluding carboxylic acids is 1. The minimum Gasteiger partial charge on any atom is -0.493 e. The van der Waals surface area contributed by atoms with Crippen LogP contribution in [-0.4, -0.2) is 37.4 Å². The quantitative estimate of drug-likeness (QED) is 0.684. The molecule has 0 atom stereocenters. The molecule has 0 bridgehead atoms. The topological polar surface area (TPSA) is 95.7 Å². The molecule has 1 N–H and O–H groups in total. The van der Waals surface area contributed by atoms with E-state index in [1.807, 2.05) is 30.3 Å². The predicted molar refractivity (Wildman–Crippen MR) is 98.2 cm³/mol. The van der Waals surface area contributed by atoms with Crippen molar-refractivity contribution in [1.29, 1.82) is 0 Å². The predicted octanol–water partition coefficient (Wildman–Crippen LogP) is 2.94. The van der Waals surface area contributed by atoms with E-state index in [0.29, 0.717) is 22.8 Å². The van der Waals surface area contributed by atoms with Crippen molar-refractivity contribution < 1.29 is 23.4 Å². The molecule has 0 saturated heterocycles. The first-order valence-corrected chi connectivity index (χ1v) is 8.12. The number of rotatable bonds is 7. The molecule has 3 rings (SSSR count). The van der Waals surface area contributed by atoms with Crippen molar-refractivity contribution in [2.45, 2.75) is 6.42 Å². The summed E-state index contributed by atoms with van der Waals surface area (Å²) in [5.41, 5.74) is 1.46. The fourth-order valence-corrected chi connectivity index (χ4v) is 2.54. The number of nitrogens with zero attached hydrogens (tertiary/aromatic N) is 2. The molecule has 0 unspecified atom stereocenters. The summed E-state index contributed by atoms with van der Waals surface area (Å²) < 4.78 is 21.5. The van der Waals surface area contributed by atoms with Crippen molar-refractivity contribution >= 4 is 11.9 Å². The van der Waals surface area contributed by atoms with Gasteiger partial charge in [0.05, 0.1) is 27.8 Å². The molecule has 0 radical (unpaired) electrons. The van der Waals surface area contributed by atoms with Gasteiger partial charge >= 0.3 is 6.01 Å². The molecular formula is C19H19N3O5. The van der Waals surface area contributed by atoms with Gasteiger partial charge in [-0.3, -0.25) is 10.1 Å². The van der Waals surface area contributed by atoms with Gasteiger partial charge in [0.2, 0.25) is 17.5 Å². The van der Waals surface area contributed by atoms with E-state index in [2.05, 4.69) is 15.5 Å². The van der Waals surface area contributed by atoms with Gasteiger partial charge in [-0.25, -0.2) is 0 Å². The molecule has 0 saturated carbocycles. The summed E-state index contributed by atoms with van der Waals surface area (Å²) >= 11 is 0. The number of benzene rings is 2. The molecule has 0 fully saturated rings. The average molecular weight is 369 g/mol. The lowest BCUT2D eigenvalue weighted by atomic mass is 10.1. The number of nitrogens with one attached hydrogen (secondary N) is 1. The molecule has 0 spiro atoms. The number of anilines is 1. The van der Waals surface area contributed by atoms with Crippen LogP contribution in [0.4, 0.5) is 6.01 Å². The van der Waals surface area contributed by atoms with Gasteiger partial charge in [0, 0.05) is 5.56 Å². The lowest BCUT2D eigenvalue weighted by Crippen LogP contribution is -2.14. The maximum absolute atomic E-state index is 12.1. The minimum absolute atomic E-state index is 0.0136. The standard InChI is InChI=1S/C19H19N3O5/c1-24-14-10-13(11-15(25-2)17(14)26-3)18-21-22-19(27-18)20-16(23)9-12-7-5-4-6-8-12/h4-8,10-11H,9H2,1-3H3,(H,20,22,23). The van der Waals surface area contributed by atoms with Crippen LogP contribution in [0.25, 0.3) is 11.5 Å². The molecule has 3 aromatic rings. The molecule has 0 aliphatic carbocycles. The van der Waals surface area contributed by atoms with Crippen molar-refractivity contribution in [1.82, 2.24) is 10.2 Å². The van der Waals surface area contributed by atoms with Gasteiger partial charge in [-0.05, 0) is 17.7 Å². The van der Waals surface area contributed by atoms with Crippen LogP contribution in [0.2, 0.25) is 0 Å². The third kappa shape index (κ3) is 4.17. The van der Waals surface area contributed by atoms with Gasteiger partial charge in [0.1, 0.15) is 0 Å². The summed E-state index contributed by atoms with van der Waals surface area (Å²) in [4.78, 5) is 12.1. The highest BCUT2D eigenvalue weighted by Gasteiger charge is 2.18. The smallest absolute Gasteiger partial charge is 0.322 e. The highest BCUT2D eigenvalue weighted by atomic mass is 16.5. The summed E-state index contributed by atoms with van der Waals surface area (Å²) in [5, 5.41) is 10.4. The third-order valence-electron chi connectivity index (χ3n) is 3.79. The Morgan fingerprint density at radius 2 is 1.67 bits per heavy atom. The second-order valence-corrected chi connectivity index (χ2v) is 5.54. The van der Waals surface area contributed by atoms with Crippen LogP contribution in [0.1, 0.15) is 5.56 Å². The van der Waals surface area contributed by atoms with Crippen LogP contribution in [0.15, 0.2) is 46.9 Å². The molecule has 27 heavy (non-hydrogen) atoms. The van der Waals surface area contributed by atoms with Gasteiger partial charge in [0.25, 0.3) is 0 Å². The number of ether oxygens (including phenoxy) is 3. The van der Waals surface area contributed by atoms with E-state index < -0.39 is 0 Å². The average Bonchev–Trinajstić information content (AvgIpc) is 3.15. The van der Waals surface area contributed by atoms with Crippen molar-refractivity contribution in [3.8, 4) is 28.7 Å². The summed E-state index contributed by atoms with van der Waals surface area (Å²) in [7, 11) is 4.56. The second kappa shape index (κ2) is 8.22. The maximum Gasteiger partial charge on any atom is 0.322 e. The number of hydrogen-bond donors (Lipinski definition) is 1. The van der Waals surface area contributed by atoms with Crippen LogP contribution in [-0.2, 0) is 11.2 Å². The van der Waals surface area contributed by atoms with Crippen molar-refractivity contribution in [3.05, 3.63) is 48.0 Å². The Hall–Kier alpha value is -3.55. The first kappa shape index (κ1) is 18.2. The highest BCUT2D eigenvalue weighted by molar-refractivity contribution is 5.90. The first-order valence-electron chi connectivity index (χ1n) is 8.12. The minimum atomic E-state index is -0.249. The van der Waals surface area contributed by atoms with Crippen molar-refractivity contribution in [3.63, 3.8) is 0 Å². The van der Waals surface area contributed by atoms with Gasteiger partial charge in [-0.15, -0.1) is 5.10 Å². The number of amides is 1. The SMILES string of the molecule is COc1cc(-c2nnc(NC(=O)Cc3ccccc3)o2)cc(OC)c1OC. The maximum atomic E-state index is 12.1. The van der Waals surface area contributed by atoms with Gasteiger partial charge < -0.3 is 18.6 Å². The molecule has 1 aromatic heterocycles. The fourth-order valence-electron chi connectivity index (χ4n) is 2.54. The molecule has 8 nitrogen and oxygen atoms in total. The zero-order chi connectivity index (χ0) is 19.2. The number of aromatic nitrogens is 2. The van der Waals surface area contributed by atoms with Crippen LogP contribution >= 0.6 is 0 Å². The summed E-state index contributed by atoms with van der Waals surface area (Å²) in [6.07, 6.45) is 0.211. The molecule has 8 heteroatoms. The number of carbonyl (C=O) groups is 1. The van der Waals surface area contributed by atoms with Crippen LogP contribution in [0.3, 0.4) is 0 Å². The largest absolute Gasteiger partial charge is 0.493 e.